The number of rotatable bonds is 13. The van der Waals surface area contributed by atoms with Crippen LogP contribution in [0.2, 0.25) is 0 Å². The van der Waals surface area contributed by atoms with Crippen molar-refractivity contribution in [3.05, 3.63) is 6.92 Å². The molecule has 97 valence electrons. The van der Waals surface area contributed by atoms with Gasteiger partial charge in [0.15, 0.2) is 0 Å². The maximum absolute atomic E-state index is 3.87. The lowest BCUT2D eigenvalue weighted by atomic mass is 10.1. The zero-order valence-electron chi connectivity index (χ0n) is 11.0. The molecule has 0 saturated carbocycles. The van der Waals surface area contributed by atoms with Gasteiger partial charge in [0, 0.05) is 5.33 Å². The summed E-state index contributed by atoms with van der Waals surface area (Å²) in [6.45, 7) is 3.87. The molecule has 0 unspecified atom stereocenters. The summed E-state index contributed by atoms with van der Waals surface area (Å²) < 4.78 is 0. The van der Waals surface area contributed by atoms with Crippen LogP contribution in [0.15, 0.2) is 0 Å². The topological polar surface area (TPSA) is 0 Å². The molecule has 0 amide bonds. The predicted octanol–water partition coefficient (Wildman–Crippen LogP) is 6.29. The highest BCUT2D eigenvalue weighted by molar-refractivity contribution is 9.09. The van der Waals surface area contributed by atoms with Gasteiger partial charge in [-0.25, -0.2) is 0 Å². The minimum atomic E-state index is 1.12. The monoisotopic (exact) mass is 289 g/mol. The van der Waals surface area contributed by atoms with Crippen molar-refractivity contribution >= 4 is 15.9 Å². The summed E-state index contributed by atoms with van der Waals surface area (Å²) in [5, 5.41) is 1.18. The molecule has 0 aromatic heterocycles. The highest BCUT2D eigenvalue weighted by atomic mass is 79.9. The molecule has 0 rings (SSSR count). The van der Waals surface area contributed by atoms with Gasteiger partial charge in [0.2, 0.25) is 0 Å². The second kappa shape index (κ2) is 15.5. The highest BCUT2D eigenvalue weighted by Gasteiger charge is 1.92. The number of halogens is 1. The van der Waals surface area contributed by atoms with E-state index in [1.54, 1.807) is 0 Å². The summed E-state index contributed by atoms with van der Waals surface area (Å²) in [6.07, 6.45) is 18.2. The van der Waals surface area contributed by atoms with Crippen LogP contribution in [0, 0.1) is 6.92 Å². The Morgan fingerprint density at radius 2 is 0.812 bits per heavy atom. The predicted molar refractivity (Wildman–Crippen MR) is 79.2 cm³/mol. The van der Waals surface area contributed by atoms with Crippen LogP contribution in [0.3, 0.4) is 0 Å². The smallest absolute Gasteiger partial charge is 0.00313 e. The van der Waals surface area contributed by atoms with Gasteiger partial charge in [-0.1, -0.05) is 99.9 Å². The Hall–Kier alpha value is 0.480. The second-order valence-corrected chi connectivity index (χ2v) is 5.58. The normalized spacial score (nSPS) is 10.9. The van der Waals surface area contributed by atoms with E-state index in [9.17, 15) is 0 Å². The molecule has 0 heterocycles. The minimum Gasteiger partial charge on any atom is -0.0928 e. The molecular formula is C15H30Br. The summed E-state index contributed by atoms with van der Waals surface area (Å²) in [6, 6.07) is 0. The van der Waals surface area contributed by atoms with Gasteiger partial charge in [0.05, 0.1) is 0 Å². The lowest BCUT2D eigenvalue weighted by Crippen LogP contribution is -1.83. The van der Waals surface area contributed by atoms with Gasteiger partial charge >= 0.3 is 0 Å². The van der Waals surface area contributed by atoms with Crippen LogP contribution in [0.5, 0.6) is 0 Å². The first kappa shape index (κ1) is 16.5. The van der Waals surface area contributed by atoms with Crippen molar-refractivity contribution in [2.45, 2.75) is 83.5 Å². The number of hydrogen-bond acceptors (Lipinski definition) is 0. The van der Waals surface area contributed by atoms with E-state index in [1.165, 1.54) is 82.4 Å². The fourth-order valence-corrected chi connectivity index (χ4v) is 2.44. The van der Waals surface area contributed by atoms with Crippen molar-refractivity contribution in [3.8, 4) is 0 Å². The molecule has 16 heavy (non-hydrogen) atoms. The molecule has 0 saturated heterocycles. The molecule has 1 heteroatoms. The van der Waals surface area contributed by atoms with Crippen LogP contribution in [0.4, 0.5) is 0 Å². The number of alkyl halides is 1. The van der Waals surface area contributed by atoms with Crippen LogP contribution in [-0.4, -0.2) is 5.33 Å². The first-order chi connectivity index (χ1) is 7.91. The Balaban J connectivity index is 2.83. The van der Waals surface area contributed by atoms with E-state index in [-0.39, 0.29) is 0 Å². The van der Waals surface area contributed by atoms with Crippen LogP contribution >= 0.6 is 15.9 Å². The molecule has 0 nitrogen and oxygen atoms in total. The standard InChI is InChI=1S/C15H30Br/c1-2-3-4-5-6-7-8-9-10-11-12-13-14-15-16/h1-15H2. The van der Waals surface area contributed by atoms with Gasteiger partial charge in [-0.05, 0) is 6.42 Å². The summed E-state index contributed by atoms with van der Waals surface area (Å²) in [7, 11) is 0. The molecule has 0 aliphatic rings. The highest BCUT2D eigenvalue weighted by Crippen LogP contribution is 2.12. The Morgan fingerprint density at radius 1 is 0.500 bits per heavy atom. The lowest BCUT2D eigenvalue weighted by Gasteiger charge is -2.02. The van der Waals surface area contributed by atoms with E-state index in [0.29, 0.717) is 0 Å². The van der Waals surface area contributed by atoms with Crippen molar-refractivity contribution in [1.29, 1.82) is 0 Å². The van der Waals surface area contributed by atoms with Crippen molar-refractivity contribution < 1.29 is 0 Å². The molecule has 0 fully saturated rings. The fourth-order valence-electron chi connectivity index (χ4n) is 2.04. The zero-order valence-corrected chi connectivity index (χ0v) is 12.6. The molecular weight excluding hydrogens is 260 g/mol. The molecule has 0 aromatic carbocycles. The van der Waals surface area contributed by atoms with E-state index in [0.717, 1.165) is 6.42 Å². The average molecular weight is 290 g/mol. The first-order valence-electron chi connectivity index (χ1n) is 7.27. The van der Waals surface area contributed by atoms with Gasteiger partial charge < -0.3 is 0 Å². The van der Waals surface area contributed by atoms with Crippen molar-refractivity contribution in [1.82, 2.24) is 0 Å². The third-order valence-electron chi connectivity index (χ3n) is 3.13. The summed E-state index contributed by atoms with van der Waals surface area (Å²) in [4.78, 5) is 0. The number of unbranched alkanes of at least 4 members (excludes halogenated alkanes) is 12. The van der Waals surface area contributed by atoms with Crippen LogP contribution < -0.4 is 0 Å². The minimum absolute atomic E-state index is 1.12. The Labute approximate surface area is 112 Å². The lowest BCUT2D eigenvalue weighted by molar-refractivity contribution is 0.545. The van der Waals surface area contributed by atoms with E-state index >= 15 is 0 Å². The Bertz CT molecular complexity index is 98.0. The molecule has 0 aliphatic carbocycles. The van der Waals surface area contributed by atoms with Crippen LogP contribution in [0.1, 0.15) is 83.5 Å². The van der Waals surface area contributed by atoms with Crippen molar-refractivity contribution in [2.75, 3.05) is 5.33 Å². The van der Waals surface area contributed by atoms with Crippen LogP contribution in [0.25, 0.3) is 0 Å². The Kier molecular flexibility index (Phi) is 15.9. The maximum Gasteiger partial charge on any atom is 0.00313 e. The summed E-state index contributed by atoms with van der Waals surface area (Å²) in [5.41, 5.74) is 0. The second-order valence-electron chi connectivity index (χ2n) is 4.79. The Morgan fingerprint density at radius 3 is 1.12 bits per heavy atom. The van der Waals surface area contributed by atoms with Gasteiger partial charge in [0.1, 0.15) is 0 Å². The molecule has 0 aromatic rings. The molecule has 0 spiro atoms. The van der Waals surface area contributed by atoms with Gasteiger partial charge in [-0.15, -0.1) is 0 Å². The molecule has 0 bridgehead atoms. The van der Waals surface area contributed by atoms with Crippen molar-refractivity contribution in [2.24, 2.45) is 0 Å². The average Bonchev–Trinajstić information content (AvgIpc) is 2.31. The van der Waals surface area contributed by atoms with E-state index in [1.807, 2.05) is 0 Å². The molecule has 0 N–H and O–H groups in total. The van der Waals surface area contributed by atoms with Crippen LogP contribution in [-0.2, 0) is 0 Å². The van der Waals surface area contributed by atoms with Gasteiger partial charge in [-0.3, -0.25) is 0 Å². The summed E-state index contributed by atoms with van der Waals surface area (Å²) >= 11 is 3.47. The van der Waals surface area contributed by atoms with E-state index in [4.69, 9.17) is 0 Å². The fraction of sp³-hybridized carbons (Fsp3) is 0.933. The molecule has 0 atom stereocenters. The first-order valence-corrected chi connectivity index (χ1v) is 8.39. The van der Waals surface area contributed by atoms with Gasteiger partial charge in [0.25, 0.3) is 0 Å². The largest absolute Gasteiger partial charge is 0.0928 e. The SMILES string of the molecule is [CH2]CCCCCCCCCCCCCCBr. The number of hydrogen-bond donors (Lipinski definition) is 0. The molecule has 0 aliphatic heterocycles. The van der Waals surface area contributed by atoms with Gasteiger partial charge in [-0.2, -0.15) is 0 Å². The van der Waals surface area contributed by atoms with Crippen molar-refractivity contribution in [3.63, 3.8) is 0 Å². The zero-order chi connectivity index (χ0) is 11.9. The van der Waals surface area contributed by atoms with E-state index < -0.39 is 0 Å². The molecule has 1 radical (unpaired) electrons. The third-order valence-corrected chi connectivity index (χ3v) is 3.69. The maximum atomic E-state index is 3.87. The summed E-state index contributed by atoms with van der Waals surface area (Å²) in [5.74, 6) is 0. The quantitative estimate of drug-likeness (QED) is 0.276. The van der Waals surface area contributed by atoms with E-state index in [2.05, 4.69) is 22.9 Å². The third kappa shape index (κ3) is 14.5.